The Morgan fingerprint density at radius 3 is 3.28 bits per heavy atom. The van der Waals surface area contributed by atoms with Crippen molar-refractivity contribution in [2.45, 2.75) is 19.4 Å². The first-order valence-corrected chi connectivity index (χ1v) is 7.37. The molecule has 2 rings (SSSR count). The van der Waals surface area contributed by atoms with Gasteiger partial charge in [0.25, 0.3) is 0 Å². The third-order valence-electron chi connectivity index (χ3n) is 3.09. The molecule has 1 aromatic rings. The van der Waals surface area contributed by atoms with Crippen LogP contribution in [0.2, 0.25) is 0 Å². The maximum absolute atomic E-state index is 11.8. The summed E-state index contributed by atoms with van der Waals surface area (Å²) < 4.78 is 0. The normalized spacial score (nSPS) is 20.8. The molecule has 1 aromatic heterocycles. The van der Waals surface area contributed by atoms with Crippen LogP contribution in [0.4, 0.5) is 0 Å². The van der Waals surface area contributed by atoms with Gasteiger partial charge in [-0.25, -0.2) is 0 Å². The lowest BCUT2D eigenvalue weighted by Gasteiger charge is -2.31. The summed E-state index contributed by atoms with van der Waals surface area (Å²) in [5, 5.41) is 8.43. The first-order valence-electron chi connectivity index (χ1n) is 6.49. The van der Waals surface area contributed by atoms with Crippen molar-refractivity contribution in [1.82, 2.24) is 15.5 Å². The molecule has 1 atom stereocenters. The summed E-state index contributed by atoms with van der Waals surface area (Å²) in [5.74, 6) is 0.139. The number of rotatable bonds is 5. The highest BCUT2D eigenvalue weighted by Crippen LogP contribution is 2.08. The Bertz CT molecular complexity index is 366. The maximum Gasteiger partial charge on any atom is 0.234 e. The molecule has 0 aromatic carbocycles. The van der Waals surface area contributed by atoms with Crippen molar-refractivity contribution in [2.75, 3.05) is 32.7 Å². The molecule has 4 nitrogen and oxygen atoms in total. The Morgan fingerprint density at radius 2 is 2.56 bits per heavy atom. The van der Waals surface area contributed by atoms with Crippen LogP contribution in [0.15, 0.2) is 17.5 Å². The fourth-order valence-corrected chi connectivity index (χ4v) is 2.90. The quantitative estimate of drug-likeness (QED) is 0.825. The topological polar surface area (TPSA) is 44.4 Å². The first kappa shape index (κ1) is 13.5. The average Bonchev–Trinajstić information content (AvgIpc) is 2.82. The number of amides is 1. The van der Waals surface area contributed by atoms with E-state index in [0.717, 1.165) is 32.6 Å². The molecule has 0 unspecified atom stereocenters. The number of piperazine rings is 1. The van der Waals surface area contributed by atoms with E-state index in [-0.39, 0.29) is 5.91 Å². The van der Waals surface area contributed by atoms with E-state index in [4.69, 9.17) is 0 Å². The predicted octanol–water partition coefficient (Wildman–Crippen LogP) is 0.700. The van der Waals surface area contributed by atoms with E-state index in [2.05, 4.69) is 33.9 Å². The van der Waals surface area contributed by atoms with Crippen LogP contribution in [0.25, 0.3) is 0 Å². The first-order chi connectivity index (χ1) is 8.74. The van der Waals surface area contributed by atoms with Crippen LogP contribution in [0.3, 0.4) is 0 Å². The summed E-state index contributed by atoms with van der Waals surface area (Å²) in [7, 11) is 0. The summed E-state index contributed by atoms with van der Waals surface area (Å²) in [6.07, 6.45) is 0.932. The molecule has 0 bridgehead atoms. The summed E-state index contributed by atoms with van der Waals surface area (Å²) >= 11 is 1.74. The van der Waals surface area contributed by atoms with Gasteiger partial charge in [-0.2, -0.15) is 0 Å². The molecule has 100 valence electrons. The molecular formula is C13H21N3OS. The maximum atomic E-state index is 11.8. The van der Waals surface area contributed by atoms with E-state index in [0.29, 0.717) is 12.6 Å². The molecule has 1 fully saturated rings. The van der Waals surface area contributed by atoms with Crippen molar-refractivity contribution in [2.24, 2.45) is 0 Å². The average molecular weight is 267 g/mol. The van der Waals surface area contributed by atoms with Crippen molar-refractivity contribution in [3.05, 3.63) is 22.4 Å². The lowest BCUT2D eigenvalue weighted by Crippen LogP contribution is -2.51. The molecule has 1 saturated heterocycles. The van der Waals surface area contributed by atoms with Crippen LogP contribution >= 0.6 is 11.3 Å². The molecule has 1 amide bonds. The van der Waals surface area contributed by atoms with Crippen LogP contribution in [-0.2, 0) is 11.2 Å². The summed E-state index contributed by atoms with van der Waals surface area (Å²) in [6, 6.07) is 4.64. The van der Waals surface area contributed by atoms with Gasteiger partial charge in [0.05, 0.1) is 6.54 Å². The highest BCUT2D eigenvalue weighted by molar-refractivity contribution is 7.09. The number of nitrogens with one attached hydrogen (secondary N) is 2. The predicted molar refractivity (Wildman–Crippen MR) is 74.9 cm³/mol. The monoisotopic (exact) mass is 267 g/mol. The van der Waals surface area contributed by atoms with E-state index >= 15 is 0 Å². The van der Waals surface area contributed by atoms with Gasteiger partial charge in [-0.1, -0.05) is 6.07 Å². The van der Waals surface area contributed by atoms with Crippen LogP contribution < -0.4 is 10.6 Å². The molecule has 2 heterocycles. The van der Waals surface area contributed by atoms with Crippen molar-refractivity contribution in [3.8, 4) is 0 Å². The lowest BCUT2D eigenvalue weighted by molar-refractivity contribution is -0.122. The Hall–Kier alpha value is -0.910. The zero-order valence-electron chi connectivity index (χ0n) is 10.8. The standard InChI is InChI=1S/C13H21N3OS/c1-11-9-16(7-6-14-11)10-13(17)15-5-4-12-3-2-8-18-12/h2-3,8,11,14H,4-7,9-10H2,1H3,(H,15,17)/t11-/m1/s1. The Balaban J connectivity index is 1.62. The SMILES string of the molecule is C[C@@H]1CN(CC(=O)NCCc2cccs2)CCN1. The van der Waals surface area contributed by atoms with Gasteiger partial charge < -0.3 is 10.6 Å². The van der Waals surface area contributed by atoms with Crippen LogP contribution in [-0.4, -0.2) is 49.6 Å². The van der Waals surface area contributed by atoms with Crippen molar-refractivity contribution < 1.29 is 4.79 Å². The van der Waals surface area contributed by atoms with Gasteiger partial charge >= 0.3 is 0 Å². The van der Waals surface area contributed by atoms with E-state index in [1.807, 2.05) is 6.07 Å². The van der Waals surface area contributed by atoms with Gasteiger partial charge in [0.2, 0.25) is 5.91 Å². The zero-order valence-corrected chi connectivity index (χ0v) is 11.6. The van der Waals surface area contributed by atoms with Crippen LogP contribution in [0.1, 0.15) is 11.8 Å². The lowest BCUT2D eigenvalue weighted by atomic mass is 10.2. The van der Waals surface area contributed by atoms with Gasteiger partial charge in [-0.3, -0.25) is 9.69 Å². The van der Waals surface area contributed by atoms with Gasteiger partial charge in [0.1, 0.15) is 0 Å². The van der Waals surface area contributed by atoms with Crippen molar-refractivity contribution in [1.29, 1.82) is 0 Å². The van der Waals surface area contributed by atoms with E-state index in [1.165, 1.54) is 4.88 Å². The number of carbonyl (C=O) groups excluding carboxylic acids is 1. The number of nitrogens with zero attached hydrogens (tertiary/aromatic N) is 1. The molecule has 2 N–H and O–H groups in total. The minimum Gasteiger partial charge on any atom is -0.355 e. The molecule has 0 spiro atoms. The van der Waals surface area contributed by atoms with Crippen molar-refractivity contribution in [3.63, 3.8) is 0 Å². The Labute approximate surface area is 112 Å². The largest absolute Gasteiger partial charge is 0.355 e. The molecule has 1 aliphatic heterocycles. The molecule has 18 heavy (non-hydrogen) atoms. The smallest absolute Gasteiger partial charge is 0.234 e. The van der Waals surface area contributed by atoms with Gasteiger partial charge in [-0.05, 0) is 24.8 Å². The second-order valence-corrected chi connectivity index (χ2v) is 5.80. The Kier molecular flexibility index (Phi) is 5.16. The third-order valence-corrected chi connectivity index (χ3v) is 4.03. The van der Waals surface area contributed by atoms with E-state index < -0.39 is 0 Å². The number of thiophene rings is 1. The highest BCUT2D eigenvalue weighted by atomic mass is 32.1. The van der Waals surface area contributed by atoms with E-state index in [9.17, 15) is 4.79 Å². The van der Waals surface area contributed by atoms with Gasteiger partial charge in [0, 0.05) is 37.1 Å². The summed E-state index contributed by atoms with van der Waals surface area (Å²) in [5.41, 5.74) is 0. The second-order valence-electron chi connectivity index (χ2n) is 4.77. The second kappa shape index (κ2) is 6.87. The molecule has 0 radical (unpaired) electrons. The minimum atomic E-state index is 0.139. The molecule has 0 saturated carbocycles. The third kappa shape index (κ3) is 4.40. The Morgan fingerprint density at radius 1 is 1.67 bits per heavy atom. The van der Waals surface area contributed by atoms with Crippen LogP contribution in [0.5, 0.6) is 0 Å². The highest BCUT2D eigenvalue weighted by Gasteiger charge is 2.17. The number of carbonyl (C=O) groups is 1. The summed E-state index contributed by atoms with van der Waals surface area (Å²) in [6.45, 7) is 6.31. The molecular weight excluding hydrogens is 246 g/mol. The zero-order chi connectivity index (χ0) is 12.8. The number of hydrogen-bond donors (Lipinski definition) is 2. The van der Waals surface area contributed by atoms with E-state index in [1.54, 1.807) is 11.3 Å². The summed E-state index contributed by atoms with van der Waals surface area (Å²) in [4.78, 5) is 15.3. The molecule has 0 aliphatic carbocycles. The van der Waals surface area contributed by atoms with Gasteiger partial charge in [-0.15, -0.1) is 11.3 Å². The number of hydrogen-bond acceptors (Lipinski definition) is 4. The van der Waals surface area contributed by atoms with Crippen molar-refractivity contribution >= 4 is 17.2 Å². The molecule has 1 aliphatic rings. The molecule has 5 heteroatoms. The fourth-order valence-electron chi connectivity index (χ4n) is 2.19. The van der Waals surface area contributed by atoms with Crippen LogP contribution in [0, 0.1) is 0 Å². The van der Waals surface area contributed by atoms with Gasteiger partial charge in [0.15, 0.2) is 0 Å². The fraction of sp³-hybridized carbons (Fsp3) is 0.615. The minimum absolute atomic E-state index is 0.139.